The summed E-state index contributed by atoms with van der Waals surface area (Å²) in [5, 5.41) is 5.25. The third kappa shape index (κ3) is 4.41. The van der Waals surface area contributed by atoms with Crippen LogP contribution in [0.15, 0.2) is 51.8 Å². The van der Waals surface area contributed by atoms with Gasteiger partial charge in [-0.05, 0) is 30.3 Å². The van der Waals surface area contributed by atoms with Crippen molar-refractivity contribution in [2.45, 2.75) is 11.3 Å². The molecule has 0 atom stereocenters. The van der Waals surface area contributed by atoms with Crippen LogP contribution in [0.4, 0.5) is 11.4 Å². The molecular formula is C17H15BrN2O5S. The highest BCUT2D eigenvalue weighted by atomic mass is 79.9. The van der Waals surface area contributed by atoms with E-state index in [2.05, 4.69) is 26.6 Å². The van der Waals surface area contributed by atoms with E-state index in [1.807, 2.05) is 6.07 Å². The normalized spacial score (nSPS) is 13.3. The first-order valence-corrected chi connectivity index (χ1v) is 10.1. The Balaban J connectivity index is 1.65. The molecule has 136 valence electrons. The van der Waals surface area contributed by atoms with Crippen LogP contribution in [-0.2, 0) is 19.4 Å². The molecule has 2 amide bonds. The van der Waals surface area contributed by atoms with Gasteiger partial charge in [0.2, 0.25) is 5.91 Å². The molecule has 7 nitrogen and oxygen atoms in total. The zero-order valence-corrected chi connectivity index (χ0v) is 15.9. The van der Waals surface area contributed by atoms with Crippen LogP contribution in [0.2, 0.25) is 0 Å². The Kier molecular flexibility index (Phi) is 5.28. The molecule has 0 aliphatic carbocycles. The van der Waals surface area contributed by atoms with E-state index < -0.39 is 15.7 Å². The average molecular weight is 439 g/mol. The number of hydrogen-bond donors (Lipinski definition) is 2. The maximum atomic E-state index is 12.5. The monoisotopic (exact) mass is 438 g/mol. The molecule has 2 aromatic carbocycles. The van der Waals surface area contributed by atoms with Crippen molar-refractivity contribution in [3.63, 3.8) is 0 Å². The van der Waals surface area contributed by atoms with E-state index in [0.29, 0.717) is 17.1 Å². The Bertz CT molecular complexity index is 975. The van der Waals surface area contributed by atoms with Crippen LogP contribution >= 0.6 is 15.9 Å². The Hall–Kier alpha value is -2.39. The van der Waals surface area contributed by atoms with Crippen LogP contribution in [0.25, 0.3) is 0 Å². The minimum absolute atomic E-state index is 0.0441. The molecule has 1 aliphatic heterocycles. The van der Waals surface area contributed by atoms with Gasteiger partial charge in [-0.25, -0.2) is 8.42 Å². The van der Waals surface area contributed by atoms with Crippen molar-refractivity contribution in [2.24, 2.45) is 0 Å². The van der Waals surface area contributed by atoms with Gasteiger partial charge in [0.15, 0.2) is 16.4 Å². The Morgan fingerprint density at radius 1 is 1.23 bits per heavy atom. The van der Waals surface area contributed by atoms with Gasteiger partial charge in [-0.2, -0.15) is 0 Å². The number of rotatable bonds is 5. The number of carbonyl (C=O) groups excluding carboxylic acids is 2. The number of fused-ring (bicyclic) bond motifs is 1. The number of nitrogens with one attached hydrogen (secondary N) is 2. The van der Waals surface area contributed by atoms with Crippen molar-refractivity contribution >= 4 is 49.0 Å². The number of benzene rings is 2. The van der Waals surface area contributed by atoms with Gasteiger partial charge in [-0.1, -0.05) is 22.0 Å². The number of hydrogen-bond acceptors (Lipinski definition) is 5. The molecule has 0 spiro atoms. The highest BCUT2D eigenvalue weighted by molar-refractivity contribution is 9.10. The molecule has 2 aromatic rings. The molecule has 9 heteroatoms. The maximum Gasteiger partial charge on any atom is 0.262 e. The van der Waals surface area contributed by atoms with Gasteiger partial charge in [0.1, 0.15) is 5.75 Å². The molecular weight excluding hydrogens is 424 g/mol. The summed E-state index contributed by atoms with van der Waals surface area (Å²) in [5.74, 6) is -0.729. The van der Waals surface area contributed by atoms with E-state index >= 15 is 0 Å². The average Bonchev–Trinajstić information content (AvgIpc) is 2.59. The van der Waals surface area contributed by atoms with Crippen molar-refractivity contribution in [2.75, 3.05) is 23.0 Å². The molecule has 1 aliphatic rings. The first kappa shape index (κ1) is 18.4. The lowest BCUT2D eigenvalue weighted by molar-refractivity contribution is -0.118. The zero-order valence-electron chi connectivity index (χ0n) is 13.5. The molecule has 0 bridgehead atoms. The van der Waals surface area contributed by atoms with Gasteiger partial charge in [-0.3, -0.25) is 9.59 Å². The lowest BCUT2D eigenvalue weighted by Crippen LogP contribution is -2.25. The smallest absolute Gasteiger partial charge is 0.262 e. The largest absolute Gasteiger partial charge is 0.482 e. The SMILES string of the molecule is O=C(CCS(=O)(=O)c1ccc2c(c1)OCC(=O)N2)Nc1cccc(Br)c1. The van der Waals surface area contributed by atoms with E-state index in [0.717, 1.165) is 4.47 Å². The molecule has 1 heterocycles. The van der Waals surface area contributed by atoms with E-state index in [1.165, 1.54) is 18.2 Å². The van der Waals surface area contributed by atoms with Crippen molar-refractivity contribution in [1.82, 2.24) is 0 Å². The van der Waals surface area contributed by atoms with Crippen LogP contribution in [-0.4, -0.2) is 32.6 Å². The number of halogens is 1. The molecule has 26 heavy (non-hydrogen) atoms. The van der Waals surface area contributed by atoms with E-state index in [9.17, 15) is 18.0 Å². The van der Waals surface area contributed by atoms with Gasteiger partial charge in [-0.15, -0.1) is 0 Å². The second-order valence-corrected chi connectivity index (χ2v) is 8.65. The number of anilines is 2. The van der Waals surface area contributed by atoms with Gasteiger partial charge in [0.25, 0.3) is 5.91 Å². The van der Waals surface area contributed by atoms with Gasteiger partial charge < -0.3 is 15.4 Å². The van der Waals surface area contributed by atoms with Crippen molar-refractivity contribution in [3.8, 4) is 5.75 Å². The van der Waals surface area contributed by atoms with Crippen LogP contribution in [0.5, 0.6) is 5.75 Å². The molecule has 0 fully saturated rings. The lowest BCUT2D eigenvalue weighted by atomic mass is 10.2. The molecule has 2 N–H and O–H groups in total. The number of sulfone groups is 1. The van der Waals surface area contributed by atoms with E-state index in [1.54, 1.807) is 18.2 Å². The molecule has 3 rings (SSSR count). The summed E-state index contributed by atoms with van der Waals surface area (Å²) in [4.78, 5) is 23.3. The molecule has 0 unspecified atom stereocenters. The molecule has 0 saturated heterocycles. The molecule has 0 radical (unpaired) electrons. The maximum absolute atomic E-state index is 12.5. The van der Waals surface area contributed by atoms with Crippen molar-refractivity contribution in [1.29, 1.82) is 0 Å². The predicted molar refractivity (Wildman–Crippen MR) is 100 cm³/mol. The van der Waals surface area contributed by atoms with Crippen LogP contribution in [0, 0.1) is 0 Å². The summed E-state index contributed by atoms with van der Waals surface area (Å²) < 4.78 is 31.0. The van der Waals surface area contributed by atoms with Gasteiger partial charge in [0, 0.05) is 22.6 Å². The number of ether oxygens (including phenoxy) is 1. The predicted octanol–water partition coefficient (Wildman–Crippen LogP) is 2.58. The van der Waals surface area contributed by atoms with Crippen molar-refractivity contribution < 1.29 is 22.7 Å². The Labute approximate surface area is 158 Å². The Morgan fingerprint density at radius 3 is 2.81 bits per heavy atom. The third-order valence-electron chi connectivity index (χ3n) is 3.65. The van der Waals surface area contributed by atoms with E-state index in [4.69, 9.17) is 4.74 Å². The second kappa shape index (κ2) is 7.46. The zero-order chi connectivity index (χ0) is 18.7. The summed E-state index contributed by atoms with van der Waals surface area (Å²) in [6, 6.07) is 11.2. The molecule has 0 aromatic heterocycles. The quantitative estimate of drug-likeness (QED) is 0.746. The number of carbonyl (C=O) groups is 2. The van der Waals surface area contributed by atoms with Gasteiger partial charge >= 0.3 is 0 Å². The fourth-order valence-electron chi connectivity index (χ4n) is 2.38. The highest BCUT2D eigenvalue weighted by Crippen LogP contribution is 2.30. The third-order valence-corrected chi connectivity index (χ3v) is 5.86. The summed E-state index contributed by atoms with van der Waals surface area (Å²) >= 11 is 3.30. The minimum atomic E-state index is -3.67. The minimum Gasteiger partial charge on any atom is -0.482 e. The molecule has 0 saturated carbocycles. The first-order chi connectivity index (χ1) is 12.3. The Morgan fingerprint density at radius 2 is 2.04 bits per heavy atom. The van der Waals surface area contributed by atoms with Crippen LogP contribution < -0.4 is 15.4 Å². The second-order valence-electron chi connectivity index (χ2n) is 5.62. The lowest BCUT2D eigenvalue weighted by Gasteiger charge is -2.18. The highest BCUT2D eigenvalue weighted by Gasteiger charge is 2.21. The summed E-state index contributed by atoms with van der Waals surface area (Å²) in [7, 11) is -3.67. The van der Waals surface area contributed by atoms with Crippen molar-refractivity contribution in [3.05, 3.63) is 46.9 Å². The van der Waals surface area contributed by atoms with Crippen LogP contribution in [0.1, 0.15) is 6.42 Å². The summed E-state index contributed by atoms with van der Waals surface area (Å²) in [6.07, 6.45) is -0.177. The first-order valence-electron chi connectivity index (χ1n) is 7.68. The summed E-state index contributed by atoms with van der Waals surface area (Å²) in [6.45, 7) is -0.161. The van der Waals surface area contributed by atoms with Gasteiger partial charge in [0.05, 0.1) is 16.3 Å². The van der Waals surface area contributed by atoms with E-state index in [-0.39, 0.29) is 29.6 Å². The summed E-state index contributed by atoms with van der Waals surface area (Å²) in [5.41, 5.74) is 1.01. The van der Waals surface area contributed by atoms with Crippen LogP contribution in [0.3, 0.4) is 0 Å². The standard InChI is InChI=1S/C17H15BrN2O5S/c18-11-2-1-3-12(8-11)19-16(21)6-7-26(23,24)13-4-5-14-15(9-13)25-10-17(22)20-14/h1-5,8-9H,6-7,10H2,(H,19,21)(H,20,22). The fraction of sp³-hybridized carbons (Fsp3) is 0.176. The number of amides is 2. The topological polar surface area (TPSA) is 102 Å². The fourth-order valence-corrected chi connectivity index (χ4v) is 4.03.